The average molecular weight is 381 g/mol. The van der Waals surface area contributed by atoms with Gasteiger partial charge in [0.15, 0.2) is 0 Å². The smallest absolute Gasteiger partial charge is 0.338 e. The van der Waals surface area contributed by atoms with E-state index in [-0.39, 0.29) is 23.8 Å². The number of hydrogen-bond donors (Lipinski definition) is 1. The van der Waals surface area contributed by atoms with E-state index in [1.54, 1.807) is 11.0 Å². The molecule has 9 heteroatoms. The molecule has 0 atom stereocenters. The van der Waals surface area contributed by atoms with Gasteiger partial charge < -0.3 is 10.0 Å². The number of halogens is 2. The van der Waals surface area contributed by atoms with Crippen molar-refractivity contribution in [2.45, 2.75) is 13.1 Å². The highest BCUT2D eigenvalue weighted by atomic mass is 35.5. The molecule has 0 aliphatic carbocycles. The molecule has 0 bridgehead atoms. The number of hydrogen-bond acceptors (Lipinski definition) is 4. The summed E-state index contributed by atoms with van der Waals surface area (Å²) in [5, 5.41) is 13.2. The molecule has 1 aromatic heterocycles. The molecular formula is C17H18ClFN4O3. The molecule has 0 radical (unpaired) electrons. The number of aromatic carboxylic acids is 1. The molecule has 1 aliphatic rings. The van der Waals surface area contributed by atoms with Crippen molar-refractivity contribution >= 4 is 23.5 Å². The van der Waals surface area contributed by atoms with Crippen molar-refractivity contribution < 1.29 is 19.1 Å². The maximum atomic E-state index is 13.1. The van der Waals surface area contributed by atoms with E-state index >= 15 is 0 Å². The molecule has 1 amide bonds. The maximum absolute atomic E-state index is 13.1. The zero-order valence-corrected chi connectivity index (χ0v) is 14.7. The zero-order valence-electron chi connectivity index (χ0n) is 13.9. The Hall–Kier alpha value is -2.45. The Kier molecular flexibility index (Phi) is 5.53. The highest BCUT2D eigenvalue weighted by Gasteiger charge is 2.22. The van der Waals surface area contributed by atoms with E-state index < -0.39 is 5.97 Å². The monoisotopic (exact) mass is 380 g/mol. The van der Waals surface area contributed by atoms with Crippen LogP contribution in [0.4, 0.5) is 4.39 Å². The van der Waals surface area contributed by atoms with Crippen LogP contribution < -0.4 is 0 Å². The summed E-state index contributed by atoms with van der Waals surface area (Å²) in [7, 11) is 0. The van der Waals surface area contributed by atoms with Crippen molar-refractivity contribution in [3.63, 3.8) is 0 Å². The first kappa shape index (κ1) is 18.3. The highest BCUT2D eigenvalue weighted by Crippen LogP contribution is 2.19. The number of amides is 1. The van der Waals surface area contributed by atoms with E-state index in [1.807, 2.05) is 0 Å². The number of carboxylic acid groups (broad SMARTS) is 1. The van der Waals surface area contributed by atoms with E-state index in [4.69, 9.17) is 16.7 Å². The molecule has 1 aromatic carbocycles. The van der Waals surface area contributed by atoms with Gasteiger partial charge in [-0.3, -0.25) is 14.4 Å². The predicted molar refractivity (Wildman–Crippen MR) is 92.5 cm³/mol. The van der Waals surface area contributed by atoms with Crippen LogP contribution in [-0.2, 0) is 17.9 Å². The normalized spacial score (nSPS) is 15.2. The summed E-state index contributed by atoms with van der Waals surface area (Å²) < 4.78 is 14.4. The van der Waals surface area contributed by atoms with Gasteiger partial charge in [0, 0.05) is 43.9 Å². The van der Waals surface area contributed by atoms with Gasteiger partial charge in [-0.25, -0.2) is 9.18 Å². The number of benzene rings is 1. The summed E-state index contributed by atoms with van der Waals surface area (Å²) in [4.78, 5) is 27.1. The Labute approximate surface area is 154 Å². The van der Waals surface area contributed by atoms with Crippen molar-refractivity contribution in [2.75, 3.05) is 26.2 Å². The van der Waals surface area contributed by atoms with Gasteiger partial charge in [0.05, 0.1) is 11.8 Å². The molecule has 1 aliphatic heterocycles. The summed E-state index contributed by atoms with van der Waals surface area (Å²) in [5.41, 5.74) is 0.907. The molecule has 26 heavy (non-hydrogen) atoms. The molecule has 7 nitrogen and oxygen atoms in total. The maximum Gasteiger partial charge on any atom is 0.338 e. The second-order valence-corrected chi connectivity index (χ2v) is 6.53. The third-order valence-corrected chi connectivity index (χ3v) is 4.66. The Morgan fingerprint density at radius 1 is 1.23 bits per heavy atom. The lowest BCUT2D eigenvalue weighted by Gasteiger charge is -2.34. The lowest BCUT2D eigenvalue weighted by atomic mass is 10.2. The highest BCUT2D eigenvalue weighted by molar-refractivity contribution is 6.31. The Morgan fingerprint density at radius 3 is 2.58 bits per heavy atom. The van der Waals surface area contributed by atoms with Crippen LogP contribution in [0.2, 0.25) is 5.02 Å². The minimum atomic E-state index is -1.07. The lowest BCUT2D eigenvalue weighted by Crippen LogP contribution is -2.49. The minimum absolute atomic E-state index is 0.0110. The van der Waals surface area contributed by atoms with Gasteiger partial charge in [-0.2, -0.15) is 5.10 Å². The van der Waals surface area contributed by atoms with Crippen LogP contribution in [-0.4, -0.2) is 62.7 Å². The second-order valence-electron chi connectivity index (χ2n) is 6.12. The van der Waals surface area contributed by atoms with Crippen LogP contribution in [0.1, 0.15) is 15.9 Å². The number of carbonyl (C=O) groups is 2. The van der Waals surface area contributed by atoms with Crippen LogP contribution in [0.25, 0.3) is 0 Å². The molecular weight excluding hydrogens is 363 g/mol. The summed E-state index contributed by atoms with van der Waals surface area (Å²) in [6, 6.07) is 4.36. The van der Waals surface area contributed by atoms with E-state index in [0.717, 1.165) is 5.56 Å². The molecule has 2 aromatic rings. The van der Waals surface area contributed by atoms with Crippen molar-refractivity contribution in [1.82, 2.24) is 19.6 Å². The van der Waals surface area contributed by atoms with Crippen LogP contribution in [0.5, 0.6) is 0 Å². The van der Waals surface area contributed by atoms with Crippen molar-refractivity contribution in [1.29, 1.82) is 0 Å². The van der Waals surface area contributed by atoms with Gasteiger partial charge in [0.1, 0.15) is 12.4 Å². The van der Waals surface area contributed by atoms with Gasteiger partial charge >= 0.3 is 5.97 Å². The first-order chi connectivity index (χ1) is 12.4. The number of carbonyl (C=O) groups excluding carboxylic acids is 1. The number of aromatic nitrogens is 2. The van der Waals surface area contributed by atoms with Gasteiger partial charge in [0.25, 0.3) is 0 Å². The van der Waals surface area contributed by atoms with E-state index in [0.29, 0.717) is 37.7 Å². The zero-order chi connectivity index (χ0) is 18.7. The van der Waals surface area contributed by atoms with E-state index in [2.05, 4.69) is 10.00 Å². The Balaban J connectivity index is 1.51. The summed E-state index contributed by atoms with van der Waals surface area (Å²) in [6.45, 7) is 3.09. The number of carboxylic acids is 1. The quantitative estimate of drug-likeness (QED) is 0.854. The van der Waals surface area contributed by atoms with E-state index in [1.165, 1.54) is 29.2 Å². The van der Waals surface area contributed by atoms with Gasteiger partial charge in [-0.15, -0.1) is 0 Å². The number of rotatable bonds is 5. The van der Waals surface area contributed by atoms with Gasteiger partial charge in [-0.05, 0) is 17.7 Å². The molecule has 3 rings (SSSR count). The third kappa shape index (κ3) is 4.39. The van der Waals surface area contributed by atoms with Crippen LogP contribution >= 0.6 is 11.6 Å². The summed E-state index contributed by atoms with van der Waals surface area (Å²) in [6.07, 6.45) is 2.56. The topological polar surface area (TPSA) is 78.7 Å². The Bertz CT molecular complexity index is 818. The molecule has 0 unspecified atom stereocenters. The molecule has 0 saturated carbocycles. The van der Waals surface area contributed by atoms with Crippen molar-refractivity contribution in [2.24, 2.45) is 0 Å². The van der Waals surface area contributed by atoms with Gasteiger partial charge in [0.2, 0.25) is 5.91 Å². The summed E-state index contributed by atoms with van der Waals surface area (Å²) >= 11 is 6.06. The van der Waals surface area contributed by atoms with Crippen molar-refractivity contribution in [3.05, 3.63) is 52.6 Å². The van der Waals surface area contributed by atoms with Crippen LogP contribution in [0, 0.1) is 5.82 Å². The van der Waals surface area contributed by atoms with Crippen LogP contribution in [0.15, 0.2) is 30.6 Å². The third-order valence-electron chi connectivity index (χ3n) is 4.31. The van der Waals surface area contributed by atoms with Crippen molar-refractivity contribution in [3.8, 4) is 0 Å². The number of nitrogens with zero attached hydrogens (tertiary/aromatic N) is 4. The molecule has 0 spiro atoms. The fraction of sp³-hybridized carbons (Fsp3) is 0.353. The predicted octanol–water partition coefficient (Wildman–Crippen LogP) is 1.72. The Morgan fingerprint density at radius 2 is 1.96 bits per heavy atom. The largest absolute Gasteiger partial charge is 0.478 e. The molecule has 1 saturated heterocycles. The SMILES string of the molecule is O=C(O)c1cnn(CC(=O)N2CCN(Cc3ccc(F)cc3Cl)CC2)c1. The molecule has 138 valence electrons. The first-order valence-electron chi connectivity index (χ1n) is 8.12. The molecule has 1 N–H and O–H groups in total. The average Bonchev–Trinajstić information content (AvgIpc) is 3.07. The molecule has 1 fully saturated rings. The number of piperazine rings is 1. The van der Waals surface area contributed by atoms with Crippen LogP contribution in [0.3, 0.4) is 0 Å². The summed E-state index contributed by atoms with van der Waals surface area (Å²) in [5.74, 6) is -1.54. The second kappa shape index (κ2) is 7.84. The fourth-order valence-electron chi connectivity index (χ4n) is 2.85. The lowest BCUT2D eigenvalue weighted by molar-refractivity contribution is -0.133. The molecule has 2 heterocycles. The minimum Gasteiger partial charge on any atom is -0.478 e. The standard InChI is InChI=1S/C17H18ClFN4O3/c18-15-7-14(19)2-1-12(15)9-21-3-5-22(6-4-21)16(24)11-23-10-13(8-20-23)17(25)26/h1-2,7-8,10H,3-6,9,11H2,(H,25,26). The van der Waals surface area contributed by atoms with E-state index in [9.17, 15) is 14.0 Å². The van der Waals surface area contributed by atoms with Gasteiger partial charge in [-0.1, -0.05) is 17.7 Å². The fourth-order valence-corrected chi connectivity index (χ4v) is 3.07. The first-order valence-corrected chi connectivity index (χ1v) is 8.50.